The smallest absolute Gasteiger partial charge is 0.311 e. The number of carbonyl (C=O) groups excluding carboxylic acids is 2. The Bertz CT molecular complexity index is 675. The first-order valence-electron chi connectivity index (χ1n) is 8.71. The molecule has 1 aromatic carbocycles. The molecule has 1 amide bonds. The lowest BCUT2D eigenvalue weighted by atomic mass is 9.69. The van der Waals surface area contributed by atoms with Gasteiger partial charge in [-0.1, -0.05) is 6.07 Å². The van der Waals surface area contributed by atoms with Crippen LogP contribution in [0.3, 0.4) is 0 Å². The summed E-state index contributed by atoms with van der Waals surface area (Å²) >= 11 is 0. The summed E-state index contributed by atoms with van der Waals surface area (Å²) in [6.45, 7) is 4.90. The van der Waals surface area contributed by atoms with Crippen molar-refractivity contribution in [3.63, 3.8) is 0 Å². The summed E-state index contributed by atoms with van der Waals surface area (Å²) in [5.41, 5.74) is 9.19. The Morgan fingerprint density at radius 2 is 2.04 bits per heavy atom. The molecule has 130 valence electrons. The van der Waals surface area contributed by atoms with Gasteiger partial charge in [-0.15, -0.1) is 0 Å². The fraction of sp³-hybridized carbons (Fsp3) is 0.579. The van der Waals surface area contributed by atoms with Crippen LogP contribution in [-0.4, -0.2) is 30.4 Å². The lowest BCUT2D eigenvalue weighted by molar-refractivity contribution is -0.156. The highest BCUT2D eigenvalue weighted by atomic mass is 16.5. The summed E-state index contributed by atoms with van der Waals surface area (Å²) in [7, 11) is 1.81. The second-order valence-electron chi connectivity index (χ2n) is 7.31. The Hall–Kier alpha value is -2.04. The van der Waals surface area contributed by atoms with E-state index in [1.807, 2.05) is 27.0 Å². The molecule has 0 unspecified atom stereocenters. The average Bonchev–Trinajstić information content (AvgIpc) is 2.85. The maximum atomic E-state index is 12.3. The van der Waals surface area contributed by atoms with E-state index in [-0.39, 0.29) is 17.3 Å². The molecule has 1 heterocycles. The normalized spacial score (nSPS) is 26.4. The molecular weight excluding hydrogens is 304 g/mol. The number of nitrogens with two attached hydrogens (primary N) is 1. The molecule has 1 aliphatic heterocycles. The van der Waals surface area contributed by atoms with Crippen LogP contribution >= 0.6 is 0 Å². The van der Waals surface area contributed by atoms with E-state index in [1.165, 1.54) is 5.56 Å². The summed E-state index contributed by atoms with van der Waals surface area (Å²) < 4.78 is 5.24. The second-order valence-corrected chi connectivity index (χ2v) is 7.31. The van der Waals surface area contributed by atoms with Gasteiger partial charge in [0.2, 0.25) is 0 Å². The molecule has 0 aromatic heterocycles. The minimum atomic E-state index is -0.379. The molecular formula is C19H26N2O3. The number of hydrogen-bond acceptors (Lipinski definition) is 4. The molecule has 2 aliphatic rings. The molecule has 0 atom stereocenters. The molecule has 1 aromatic rings. The maximum absolute atomic E-state index is 12.3. The summed E-state index contributed by atoms with van der Waals surface area (Å²) in [5, 5.41) is 0. The zero-order valence-electron chi connectivity index (χ0n) is 14.7. The van der Waals surface area contributed by atoms with Gasteiger partial charge in [-0.3, -0.25) is 9.59 Å². The highest BCUT2D eigenvalue weighted by Gasteiger charge is 2.40. The van der Waals surface area contributed by atoms with E-state index in [2.05, 4.69) is 6.07 Å². The van der Waals surface area contributed by atoms with Crippen molar-refractivity contribution in [2.75, 3.05) is 19.4 Å². The summed E-state index contributed by atoms with van der Waals surface area (Å²) in [6.07, 6.45) is 3.51. The Morgan fingerprint density at radius 3 is 2.67 bits per heavy atom. The first-order valence-corrected chi connectivity index (χ1v) is 8.71. The number of esters is 1. The molecule has 24 heavy (non-hydrogen) atoms. The van der Waals surface area contributed by atoms with Crippen molar-refractivity contribution in [3.05, 3.63) is 28.8 Å². The number of ether oxygens (including phenoxy) is 1. The number of amides is 1. The van der Waals surface area contributed by atoms with Gasteiger partial charge in [-0.25, -0.2) is 0 Å². The van der Waals surface area contributed by atoms with Gasteiger partial charge < -0.3 is 15.4 Å². The van der Waals surface area contributed by atoms with Crippen LogP contribution in [0.4, 0.5) is 5.69 Å². The molecule has 0 saturated heterocycles. The van der Waals surface area contributed by atoms with Gasteiger partial charge in [0.1, 0.15) is 0 Å². The predicted octanol–water partition coefficient (Wildman–Crippen LogP) is 3.08. The Morgan fingerprint density at radius 1 is 1.38 bits per heavy atom. The van der Waals surface area contributed by atoms with Gasteiger partial charge in [-0.05, 0) is 62.6 Å². The third-order valence-electron chi connectivity index (χ3n) is 5.63. The summed E-state index contributed by atoms with van der Waals surface area (Å²) in [6, 6.07) is 3.92. The fourth-order valence-electron chi connectivity index (χ4n) is 4.06. The molecule has 5 heteroatoms. The van der Waals surface area contributed by atoms with Crippen molar-refractivity contribution in [1.29, 1.82) is 0 Å². The van der Waals surface area contributed by atoms with Crippen molar-refractivity contribution in [3.8, 4) is 0 Å². The minimum Gasteiger partial charge on any atom is -0.466 e. The predicted molar refractivity (Wildman–Crippen MR) is 92.6 cm³/mol. The highest BCUT2D eigenvalue weighted by molar-refractivity contribution is 6.03. The Balaban J connectivity index is 1.82. The second kappa shape index (κ2) is 6.11. The lowest BCUT2D eigenvalue weighted by Crippen LogP contribution is -2.34. The molecule has 5 nitrogen and oxygen atoms in total. The monoisotopic (exact) mass is 330 g/mol. The molecule has 2 N–H and O–H groups in total. The molecule has 1 fully saturated rings. The van der Waals surface area contributed by atoms with Crippen LogP contribution in [0, 0.1) is 5.41 Å². The number of nitrogen functional groups attached to an aromatic ring is 1. The number of carbonyl (C=O) groups is 2. The van der Waals surface area contributed by atoms with Crippen molar-refractivity contribution < 1.29 is 14.3 Å². The highest BCUT2D eigenvalue weighted by Crippen LogP contribution is 2.46. The number of anilines is 1. The standard InChI is InChI=1S/C19H26N2O3/c1-4-24-18(23)19(2)9-7-12(8-10-19)13-5-6-15(20)16-14(13)11-21(3)17(16)22/h5-6,12H,4,7-11,20H2,1-3H3/t12-,19-. The van der Waals surface area contributed by atoms with E-state index in [4.69, 9.17) is 10.5 Å². The zero-order valence-corrected chi connectivity index (χ0v) is 14.7. The lowest BCUT2D eigenvalue weighted by Gasteiger charge is -2.36. The molecule has 3 rings (SSSR count). The fourth-order valence-corrected chi connectivity index (χ4v) is 4.06. The van der Waals surface area contributed by atoms with Crippen LogP contribution in [0.25, 0.3) is 0 Å². The van der Waals surface area contributed by atoms with Crippen LogP contribution in [0.1, 0.15) is 66.9 Å². The van der Waals surface area contributed by atoms with E-state index >= 15 is 0 Å². The number of fused-ring (bicyclic) bond motifs is 1. The number of nitrogens with zero attached hydrogens (tertiary/aromatic N) is 1. The van der Waals surface area contributed by atoms with E-state index < -0.39 is 0 Å². The largest absolute Gasteiger partial charge is 0.466 e. The summed E-state index contributed by atoms with van der Waals surface area (Å²) in [5.74, 6) is 0.304. The van der Waals surface area contributed by atoms with Crippen LogP contribution < -0.4 is 5.73 Å². The number of benzene rings is 1. The van der Waals surface area contributed by atoms with Gasteiger partial charge >= 0.3 is 5.97 Å². The minimum absolute atomic E-state index is 0.0107. The van der Waals surface area contributed by atoms with Gasteiger partial charge in [0, 0.05) is 19.3 Å². The number of rotatable bonds is 3. The average molecular weight is 330 g/mol. The van der Waals surface area contributed by atoms with Crippen LogP contribution in [-0.2, 0) is 16.1 Å². The van der Waals surface area contributed by atoms with Gasteiger partial charge in [0.25, 0.3) is 5.91 Å². The van der Waals surface area contributed by atoms with Crippen LogP contribution in [0.5, 0.6) is 0 Å². The third kappa shape index (κ3) is 2.66. The van der Waals surface area contributed by atoms with Crippen LogP contribution in [0.2, 0.25) is 0 Å². The van der Waals surface area contributed by atoms with Crippen molar-refractivity contribution >= 4 is 17.6 Å². The molecule has 1 saturated carbocycles. The molecule has 0 bridgehead atoms. The number of hydrogen-bond donors (Lipinski definition) is 1. The van der Waals surface area contributed by atoms with Gasteiger partial charge in [0.15, 0.2) is 0 Å². The quantitative estimate of drug-likeness (QED) is 0.683. The van der Waals surface area contributed by atoms with Crippen molar-refractivity contribution in [2.24, 2.45) is 5.41 Å². The maximum Gasteiger partial charge on any atom is 0.311 e. The topological polar surface area (TPSA) is 72.6 Å². The van der Waals surface area contributed by atoms with Crippen LogP contribution in [0.15, 0.2) is 12.1 Å². The zero-order chi connectivity index (χ0) is 17.5. The van der Waals surface area contributed by atoms with E-state index in [0.29, 0.717) is 30.3 Å². The van der Waals surface area contributed by atoms with E-state index in [0.717, 1.165) is 31.2 Å². The first-order chi connectivity index (χ1) is 11.4. The van der Waals surface area contributed by atoms with E-state index in [1.54, 1.807) is 4.90 Å². The van der Waals surface area contributed by atoms with E-state index in [9.17, 15) is 9.59 Å². The SMILES string of the molecule is CCOC(=O)[C@]1(C)CC[C@@H](c2ccc(N)c3c2CN(C)C3=O)CC1. The third-order valence-corrected chi connectivity index (χ3v) is 5.63. The van der Waals surface area contributed by atoms with Crippen molar-refractivity contribution in [2.45, 2.75) is 52.0 Å². The molecule has 0 radical (unpaired) electrons. The molecule has 0 spiro atoms. The Labute approximate surface area is 143 Å². The summed E-state index contributed by atoms with van der Waals surface area (Å²) in [4.78, 5) is 26.2. The first kappa shape index (κ1) is 16.8. The Kier molecular flexibility index (Phi) is 4.28. The van der Waals surface area contributed by atoms with Gasteiger partial charge in [0.05, 0.1) is 17.6 Å². The van der Waals surface area contributed by atoms with Gasteiger partial charge in [-0.2, -0.15) is 0 Å². The van der Waals surface area contributed by atoms with Crippen molar-refractivity contribution in [1.82, 2.24) is 4.90 Å². The molecule has 1 aliphatic carbocycles.